The van der Waals surface area contributed by atoms with Gasteiger partial charge in [0.2, 0.25) is 10.0 Å². The van der Waals surface area contributed by atoms with Crippen molar-refractivity contribution in [2.24, 2.45) is 0 Å². The number of ether oxygens (including phenoxy) is 1. The number of nitrogens with zero attached hydrogens (tertiary/aromatic N) is 2. The number of sulfonamides is 1. The van der Waals surface area contributed by atoms with E-state index in [2.05, 4.69) is 5.16 Å². The fourth-order valence-corrected chi connectivity index (χ4v) is 3.36. The van der Waals surface area contributed by atoms with Crippen molar-refractivity contribution in [2.45, 2.75) is 25.3 Å². The van der Waals surface area contributed by atoms with Crippen molar-refractivity contribution in [1.29, 1.82) is 0 Å². The van der Waals surface area contributed by atoms with Crippen molar-refractivity contribution in [1.82, 2.24) is 9.46 Å². The highest BCUT2D eigenvalue weighted by Crippen LogP contribution is 2.24. The molecule has 0 amide bonds. The highest BCUT2D eigenvalue weighted by Gasteiger charge is 2.24. The molecule has 2 rings (SSSR count). The zero-order chi connectivity index (χ0) is 15.6. The van der Waals surface area contributed by atoms with Crippen LogP contribution in [0.1, 0.15) is 17.0 Å². The Kier molecular flexibility index (Phi) is 4.34. The zero-order valence-electron chi connectivity index (χ0n) is 12.5. The highest BCUT2D eigenvalue weighted by atomic mass is 32.2. The van der Waals surface area contributed by atoms with Gasteiger partial charge in [0.05, 0.1) is 24.2 Å². The Morgan fingerprint density at radius 1 is 1.29 bits per heavy atom. The number of methoxy groups -OCH3 is 1. The topological polar surface area (TPSA) is 72.6 Å². The molecule has 1 aromatic carbocycles. The highest BCUT2D eigenvalue weighted by molar-refractivity contribution is 7.89. The van der Waals surface area contributed by atoms with Gasteiger partial charge in [0.25, 0.3) is 0 Å². The van der Waals surface area contributed by atoms with Crippen molar-refractivity contribution >= 4 is 10.0 Å². The van der Waals surface area contributed by atoms with Crippen LogP contribution in [-0.2, 0) is 16.6 Å². The molecule has 114 valence electrons. The van der Waals surface area contributed by atoms with E-state index in [4.69, 9.17) is 9.26 Å². The molecule has 0 saturated heterocycles. The van der Waals surface area contributed by atoms with Gasteiger partial charge in [-0.15, -0.1) is 0 Å². The summed E-state index contributed by atoms with van der Waals surface area (Å²) in [6, 6.07) is 6.59. The fraction of sp³-hybridized carbons (Fsp3) is 0.357. The molecule has 0 aliphatic rings. The first-order valence-electron chi connectivity index (χ1n) is 6.38. The minimum absolute atomic E-state index is 0.158. The summed E-state index contributed by atoms with van der Waals surface area (Å²) in [6.45, 7) is 3.66. The minimum Gasteiger partial charge on any atom is -0.497 e. The van der Waals surface area contributed by atoms with Crippen LogP contribution in [0.4, 0.5) is 0 Å². The molecule has 0 aliphatic carbocycles. The molecule has 21 heavy (non-hydrogen) atoms. The van der Waals surface area contributed by atoms with Crippen LogP contribution in [0.15, 0.2) is 33.7 Å². The number of hydrogen-bond donors (Lipinski definition) is 0. The van der Waals surface area contributed by atoms with Crippen LogP contribution in [-0.4, -0.2) is 32.0 Å². The molecule has 0 spiro atoms. The lowest BCUT2D eigenvalue weighted by Gasteiger charge is -2.17. The van der Waals surface area contributed by atoms with Gasteiger partial charge in [-0.1, -0.05) is 5.16 Å². The summed E-state index contributed by atoms with van der Waals surface area (Å²) in [5.74, 6) is 1.28. The molecule has 0 fully saturated rings. The summed E-state index contributed by atoms with van der Waals surface area (Å²) < 4.78 is 36.5. The van der Waals surface area contributed by atoms with Crippen LogP contribution in [0.2, 0.25) is 0 Å². The zero-order valence-corrected chi connectivity index (χ0v) is 13.3. The Morgan fingerprint density at radius 2 is 2.00 bits per heavy atom. The van der Waals surface area contributed by atoms with Gasteiger partial charge < -0.3 is 9.26 Å². The monoisotopic (exact) mass is 310 g/mol. The molecule has 7 heteroatoms. The lowest BCUT2D eigenvalue weighted by molar-refractivity contribution is 0.378. The summed E-state index contributed by atoms with van der Waals surface area (Å²) in [6.07, 6.45) is 0. The molecule has 0 radical (unpaired) electrons. The Bertz CT molecular complexity index is 737. The average molecular weight is 310 g/mol. The Hall–Kier alpha value is -1.86. The smallest absolute Gasteiger partial charge is 0.243 e. The lowest BCUT2D eigenvalue weighted by Crippen LogP contribution is -2.27. The summed E-state index contributed by atoms with van der Waals surface area (Å²) in [7, 11) is -0.527. The van der Waals surface area contributed by atoms with Gasteiger partial charge >= 0.3 is 0 Å². The van der Waals surface area contributed by atoms with Gasteiger partial charge in [0, 0.05) is 13.1 Å². The van der Waals surface area contributed by atoms with Crippen LogP contribution in [0.5, 0.6) is 5.75 Å². The number of benzene rings is 1. The molecule has 0 unspecified atom stereocenters. The molecule has 0 atom stereocenters. The average Bonchev–Trinajstić information content (AvgIpc) is 2.83. The molecule has 1 heterocycles. The molecular formula is C14H18N2O4S. The van der Waals surface area contributed by atoms with Gasteiger partial charge in [-0.05, 0) is 37.6 Å². The Labute approximate surface area is 124 Å². The van der Waals surface area contributed by atoms with Gasteiger partial charge in [-0.3, -0.25) is 0 Å². The van der Waals surface area contributed by atoms with E-state index in [9.17, 15) is 8.42 Å². The summed E-state index contributed by atoms with van der Waals surface area (Å²) in [4.78, 5) is 0.256. The third-order valence-electron chi connectivity index (χ3n) is 3.13. The third-order valence-corrected chi connectivity index (χ3v) is 5.10. The predicted molar refractivity (Wildman–Crippen MR) is 77.6 cm³/mol. The van der Waals surface area contributed by atoms with E-state index in [1.54, 1.807) is 45.2 Å². The number of aromatic nitrogens is 1. The van der Waals surface area contributed by atoms with E-state index in [1.807, 2.05) is 0 Å². The van der Waals surface area contributed by atoms with Gasteiger partial charge in [-0.25, -0.2) is 8.42 Å². The van der Waals surface area contributed by atoms with Gasteiger partial charge in [0.15, 0.2) is 0 Å². The molecule has 2 aromatic rings. The van der Waals surface area contributed by atoms with E-state index in [0.717, 1.165) is 0 Å². The molecule has 6 nitrogen and oxygen atoms in total. The van der Waals surface area contributed by atoms with E-state index in [1.165, 1.54) is 11.4 Å². The van der Waals surface area contributed by atoms with Crippen molar-refractivity contribution in [3.63, 3.8) is 0 Å². The lowest BCUT2D eigenvalue weighted by atomic mass is 10.2. The summed E-state index contributed by atoms with van der Waals surface area (Å²) in [5, 5.41) is 3.81. The van der Waals surface area contributed by atoms with Crippen molar-refractivity contribution in [2.75, 3.05) is 14.2 Å². The van der Waals surface area contributed by atoms with Crippen molar-refractivity contribution in [3.05, 3.63) is 41.3 Å². The van der Waals surface area contributed by atoms with E-state index < -0.39 is 10.0 Å². The van der Waals surface area contributed by atoms with Crippen LogP contribution >= 0.6 is 0 Å². The van der Waals surface area contributed by atoms with Crippen LogP contribution in [0.3, 0.4) is 0 Å². The number of rotatable bonds is 5. The minimum atomic E-state index is -3.59. The molecule has 1 aromatic heterocycles. The molecular weight excluding hydrogens is 292 g/mol. The summed E-state index contributed by atoms with van der Waals surface area (Å²) >= 11 is 0. The van der Waals surface area contributed by atoms with Crippen molar-refractivity contribution in [3.8, 4) is 5.75 Å². The van der Waals surface area contributed by atoms with E-state index in [-0.39, 0.29) is 11.4 Å². The standard InChI is InChI=1S/C14H18N2O4S/c1-10-7-13(19-4)5-6-14(10)21(17,18)16(3)9-12-8-11(2)20-15-12/h5-8H,9H2,1-4H3. The van der Waals surface area contributed by atoms with E-state index >= 15 is 0 Å². The Balaban J connectivity index is 2.28. The molecule has 0 N–H and O–H groups in total. The summed E-state index contributed by atoms with van der Waals surface area (Å²) in [5.41, 5.74) is 1.21. The number of hydrogen-bond acceptors (Lipinski definition) is 5. The largest absolute Gasteiger partial charge is 0.497 e. The first-order valence-corrected chi connectivity index (χ1v) is 7.82. The predicted octanol–water partition coefficient (Wildman–Crippen LogP) is 2.12. The third kappa shape index (κ3) is 3.25. The second kappa shape index (κ2) is 5.87. The maximum Gasteiger partial charge on any atom is 0.243 e. The van der Waals surface area contributed by atoms with Gasteiger partial charge in [0.1, 0.15) is 11.5 Å². The second-order valence-corrected chi connectivity index (χ2v) is 6.83. The van der Waals surface area contributed by atoms with Crippen LogP contribution in [0.25, 0.3) is 0 Å². The first-order chi connectivity index (χ1) is 9.84. The molecule has 0 bridgehead atoms. The molecule has 0 saturated carbocycles. The number of aryl methyl sites for hydroxylation is 2. The maximum atomic E-state index is 12.6. The van der Waals surface area contributed by atoms with E-state index in [0.29, 0.717) is 22.8 Å². The Morgan fingerprint density at radius 3 is 2.52 bits per heavy atom. The van der Waals surface area contributed by atoms with Crippen LogP contribution in [0, 0.1) is 13.8 Å². The fourth-order valence-electron chi connectivity index (χ4n) is 2.01. The quantitative estimate of drug-likeness (QED) is 0.846. The molecule has 0 aliphatic heterocycles. The first kappa shape index (κ1) is 15.5. The van der Waals surface area contributed by atoms with Gasteiger partial charge in [-0.2, -0.15) is 4.31 Å². The second-order valence-electron chi connectivity index (χ2n) is 4.82. The van der Waals surface area contributed by atoms with Crippen molar-refractivity contribution < 1.29 is 17.7 Å². The maximum absolute atomic E-state index is 12.6. The normalized spacial score (nSPS) is 11.9. The SMILES string of the molecule is COc1ccc(S(=O)(=O)N(C)Cc2cc(C)on2)c(C)c1. The van der Waals surface area contributed by atoms with Crippen LogP contribution < -0.4 is 4.74 Å².